The highest BCUT2D eigenvalue weighted by Crippen LogP contribution is 1.95. The molecule has 49 valence electrons. The Labute approximate surface area is 58.8 Å². The van der Waals surface area contributed by atoms with Gasteiger partial charge in [0.1, 0.15) is 0 Å². The van der Waals surface area contributed by atoms with E-state index < -0.39 is 7.12 Å². The van der Waals surface area contributed by atoms with E-state index in [1.807, 2.05) is 0 Å². The van der Waals surface area contributed by atoms with Crippen LogP contribution >= 0.6 is 12.4 Å². The molecule has 0 aromatic carbocycles. The Hall–Kier alpha value is -0.515. The third kappa shape index (κ3) is 2.05. The van der Waals surface area contributed by atoms with Crippen molar-refractivity contribution in [3.63, 3.8) is 0 Å². The number of allylic oxidation sites excluding steroid dienone is 1. The van der Waals surface area contributed by atoms with Crippen molar-refractivity contribution in [3.8, 4) is 0 Å². The topological polar surface area (TPSA) is 66.9 Å². The van der Waals surface area contributed by atoms with Gasteiger partial charge in [-0.3, -0.25) is 0 Å². The van der Waals surface area contributed by atoms with Gasteiger partial charge in [-0.1, -0.05) is 0 Å². The Bertz CT molecular complexity index is 147. The van der Waals surface area contributed by atoms with E-state index in [0.717, 1.165) is 0 Å². The van der Waals surface area contributed by atoms with Crippen LogP contribution in [0.3, 0.4) is 0 Å². The monoisotopic (exact) mass is 147 g/mol. The maximum Gasteiger partial charge on any atom is 0.491 e. The molecule has 1 radical (unpaired) electrons. The van der Waals surface area contributed by atoms with Crippen LogP contribution in [0.2, 0.25) is 0 Å². The molecule has 0 saturated heterocycles. The first kappa shape index (κ1) is 8.48. The zero-order valence-corrected chi connectivity index (χ0v) is 5.25. The fourth-order valence-corrected chi connectivity index (χ4v) is 0.367. The molecular weight excluding hydrogens is 142 g/mol. The van der Waals surface area contributed by atoms with Gasteiger partial charge in [0.05, 0.1) is 12.4 Å². The van der Waals surface area contributed by atoms with Gasteiger partial charge >= 0.3 is 7.12 Å². The lowest BCUT2D eigenvalue weighted by Gasteiger charge is -1.88. The SMILES string of the molecule is Cl.OB(O)C1=C[N]N=C1. The average Bonchev–Trinajstić information content (AvgIpc) is 2.12. The Morgan fingerprint density at radius 2 is 2.11 bits per heavy atom. The summed E-state index contributed by atoms with van der Waals surface area (Å²) in [6.07, 6.45) is 2.59. The molecule has 0 amide bonds. The molecule has 0 spiro atoms. The van der Waals surface area contributed by atoms with Gasteiger partial charge < -0.3 is 10.0 Å². The lowest BCUT2D eigenvalue weighted by atomic mass is 9.81. The highest BCUT2D eigenvalue weighted by molar-refractivity contribution is 6.57. The lowest BCUT2D eigenvalue weighted by molar-refractivity contribution is 0.422. The molecule has 1 rings (SSSR count). The summed E-state index contributed by atoms with van der Waals surface area (Å²) in [4.78, 5) is 0. The van der Waals surface area contributed by atoms with Gasteiger partial charge in [-0.15, -0.1) is 12.4 Å². The zero-order chi connectivity index (χ0) is 5.98. The maximum atomic E-state index is 8.39. The summed E-state index contributed by atoms with van der Waals surface area (Å²) in [6, 6.07) is 0. The van der Waals surface area contributed by atoms with E-state index in [2.05, 4.69) is 10.5 Å². The highest BCUT2D eigenvalue weighted by Gasteiger charge is 2.14. The summed E-state index contributed by atoms with van der Waals surface area (Å²) < 4.78 is 0. The Morgan fingerprint density at radius 3 is 2.33 bits per heavy atom. The first-order valence-electron chi connectivity index (χ1n) is 2.10. The van der Waals surface area contributed by atoms with Crippen LogP contribution in [0.5, 0.6) is 0 Å². The van der Waals surface area contributed by atoms with E-state index in [1.165, 1.54) is 12.4 Å². The van der Waals surface area contributed by atoms with Crippen LogP contribution in [-0.4, -0.2) is 23.4 Å². The van der Waals surface area contributed by atoms with Gasteiger partial charge in [0.15, 0.2) is 0 Å². The molecule has 0 aromatic rings. The van der Waals surface area contributed by atoms with Crippen molar-refractivity contribution in [2.45, 2.75) is 0 Å². The van der Waals surface area contributed by atoms with Crippen molar-refractivity contribution in [2.75, 3.05) is 0 Å². The van der Waals surface area contributed by atoms with Crippen LogP contribution in [0.4, 0.5) is 0 Å². The van der Waals surface area contributed by atoms with Crippen LogP contribution < -0.4 is 5.43 Å². The van der Waals surface area contributed by atoms with E-state index >= 15 is 0 Å². The number of rotatable bonds is 1. The van der Waals surface area contributed by atoms with Crippen molar-refractivity contribution >= 4 is 25.7 Å². The minimum atomic E-state index is -1.44. The summed E-state index contributed by atoms with van der Waals surface area (Å²) in [5, 5.41) is 20.1. The molecule has 0 aromatic heterocycles. The normalized spacial score (nSPS) is 13.8. The molecule has 9 heavy (non-hydrogen) atoms. The van der Waals surface area contributed by atoms with E-state index in [1.54, 1.807) is 0 Å². The number of hydrogen-bond donors (Lipinski definition) is 2. The minimum absolute atomic E-state index is 0. The minimum Gasteiger partial charge on any atom is -0.423 e. The molecule has 0 unspecified atom stereocenters. The summed E-state index contributed by atoms with van der Waals surface area (Å²) >= 11 is 0. The Morgan fingerprint density at radius 1 is 1.44 bits per heavy atom. The van der Waals surface area contributed by atoms with Crippen LogP contribution in [-0.2, 0) is 0 Å². The molecule has 0 atom stereocenters. The number of hydrogen-bond acceptors (Lipinski definition) is 3. The molecule has 1 aliphatic rings. The van der Waals surface area contributed by atoms with Gasteiger partial charge in [0.2, 0.25) is 0 Å². The van der Waals surface area contributed by atoms with Crippen LogP contribution in [0, 0.1) is 0 Å². The molecule has 0 saturated carbocycles. The quantitative estimate of drug-likeness (QED) is 0.463. The third-order valence-corrected chi connectivity index (χ3v) is 0.778. The molecule has 1 aliphatic heterocycles. The largest absolute Gasteiger partial charge is 0.491 e. The summed E-state index contributed by atoms with van der Waals surface area (Å²) in [7, 11) is -1.44. The summed E-state index contributed by atoms with van der Waals surface area (Å²) in [5.74, 6) is 0. The second-order valence-electron chi connectivity index (χ2n) is 1.36. The molecule has 4 nitrogen and oxygen atoms in total. The maximum absolute atomic E-state index is 8.39. The molecular formula is C3H5BClN2O2. The average molecular weight is 147 g/mol. The summed E-state index contributed by atoms with van der Waals surface area (Å²) in [5.41, 5.74) is 3.70. The second kappa shape index (κ2) is 3.50. The second-order valence-corrected chi connectivity index (χ2v) is 1.36. The van der Waals surface area contributed by atoms with Crippen molar-refractivity contribution < 1.29 is 10.0 Å². The fraction of sp³-hybridized carbons (Fsp3) is 0. The smallest absolute Gasteiger partial charge is 0.423 e. The summed E-state index contributed by atoms with van der Waals surface area (Å²) in [6.45, 7) is 0. The van der Waals surface area contributed by atoms with Crippen molar-refractivity contribution in [2.24, 2.45) is 5.10 Å². The standard InChI is InChI=1S/C3H4BN2O2.ClH/c7-4(8)3-1-5-6-2-3;/h1-2,7-8H;1H. The van der Waals surface area contributed by atoms with E-state index in [4.69, 9.17) is 10.0 Å². The van der Waals surface area contributed by atoms with Crippen molar-refractivity contribution in [1.29, 1.82) is 0 Å². The molecule has 2 N–H and O–H groups in total. The third-order valence-electron chi connectivity index (χ3n) is 0.778. The predicted molar refractivity (Wildman–Crippen MR) is 36.1 cm³/mol. The van der Waals surface area contributed by atoms with Gasteiger partial charge in [-0.05, 0) is 0 Å². The van der Waals surface area contributed by atoms with E-state index in [-0.39, 0.29) is 12.4 Å². The molecule has 1 heterocycles. The zero-order valence-electron chi connectivity index (χ0n) is 4.43. The number of nitrogens with zero attached hydrogens (tertiary/aromatic N) is 2. The van der Waals surface area contributed by atoms with Crippen LogP contribution in [0.15, 0.2) is 16.8 Å². The van der Waals surface area contributed by atoms with E-state index in [0.29, 0.717) is 5.47 Å². The highest BCUT2D eigenvalue weighted by atomic mass is 35.5. The lowest BCUT2D eigenvalue weighted by Crippen LogP contribution is -2.14. The van der Waals surface area contributed by atoms with E-state index in [9.17, 15) is 0 Å². The fourth-order valence-electron chi connectivity index (χ4n) is 0.367. The predicted octanol–water partition coefficient (Wildman–Crippen LogP) is -1.09. The molecule has 0 fully saturated rings. The van der Waals surface area contributed by atoms with Crippen LogP contribution in [0.1, 0.15) is 0 Å². The Kier molecular flexibility index (Phi) is 3.30. The first-order valence-corrected chi connectivity index (χ1v) is 2.10. The number of halogens is 1. The molecule has 0 bridgehead atoms. The van der Waals surface area contributed by atoms with Gasteiger partial charge in [0.25, 0.3) is 0 Å². The van der Waals surface area contributed by atoms with Crippen molar-refractivity contribution in [3.05, 3.63) is 11.7 Å². The van der Waals surface area contributed by atoms with Crippen LogP contribution in [0.25, 0.3) is 0 Å². The van der Waals surface area contributed by atoms with Gasteiger partial charge in [-0.25, -0.2) is 0 Å². The van der Waals surface area contributed by atoms with Gasteiger partial charge in [-0.2, -0.15) is 10.5 Å². The molecule has 0 aliphatic carbocycles. The molecule has 6 heteroatoms. The Balaban J connectivity index is 0.000000640. The first-order chi connectivity index (χ1) is 3.80. The van der Waals surface area contributed by atoms with Crippen molar-refractivity contribution in [1.82, 2.24) is 5.43 Å². The van der Waals surface area contributed by atoms with Gasteiger partial charge in [0, 0.05) is 5.47 Å².